The molecule has 0 saturated carbocycles. The van der Waals surface area contributed by atoms with E-state index >= 15 is 0 Å². The van der Waals surface area contributed by atoms with Crippen LogP contribution < -0.4 is 10.2 Å². The van der Waals surface area contributed by atoms with Gasteiger partial charge in [-0.2, -0.15) is 5.10 Å². The minimum atomic E-state index is -0.342. The van der Waals surface area contributed by atoms with Crippen LogP contribution in [0.4, 0.5) is 0 Å². The molecule has 1 amide bonds. The van der Waals surface area contributed by atoms with Gasteiger partial charge in [0.25, 0.3) is 5.91 Å². The van der Waals surface area contributed by atoms with Gasteiger partial charge in [0.1, 0.15) is 0 Å². The van der Waals surface area contributed by atoms with E-state index in [1.807, 2.05) is 32.0 Å². The van der Waals surface area contributed by atoms with Gasteiger partial charge in [-0.1, -0.05) is 30.0 Å². The summed E-state index contributed by atoms with van der Waals surface area (Å²) in [7, 11) is 1.47. The number of hydrazone groups is 1. The lowest BCUT2D eigenvalue weighted by atomic mass is 10.1. The number of benzene rings is 2. The summed E-state index contributed by atoms with van der Waals surface area (Å²) in [6.07, 6.45) is 1.37. The number of hydrogen-bond donors (Lipinski definition) is 2. The fraction of sp³-hybridized carbons (Fsp3) is 0.182. The standard InChI is InChI=1S/C22H22N4O3S/c1-14-11-15(2)25-22(24-14)30-13-16-7-9-17(10-8-16)21(28)26-23-12-18-5-4-6-19(29-3)20(18)27/h4-12,27H,13H2,1-3H3,(H,26,28)/b23-12+. The van der Waals surface area contributed by atoms with E-state index in [4.69, 9.17) is 4.74 Å². The molecule has 3 aromatic rings. The van der Waals surface area contributed by atoms with E-state index in [0.717, 1.165) is 22.1 Å². The number of phenolic OH excluding ortho intramolecular Hbond substituents is 1. The number of rotatable bonds is 7. The number of para-hydroxylation sites is 1. The number of phenols is 1. The van der Waals surface area contributed by atoms with E-state index < -0.39 is 0 Å². The first-order valence-corrected chi connectivity index (χ1v) is 10.2. The molecule has 0 aliphatic heterocycles. The molecule has 2 N–H and O–H groups in total. The minimum Gasteiger partial charge on any atom is -0.504 e. The van der Waals surface area contributed by atoms with Crippen LogP contribution in [0.1, 0.15) is 32.9 Å². The summed E-state index contributed by atoms with van der Waals surface area (Å²) >= 11 is 1.55. The molecule has 30 heavy (non-hydrogen) atoms. The minimum absolute atomic E-state index is 0.0346. The van der Waals surface area contributed by atoms with Gasteiger partial charge in [-0.05, 0) is 49.7 Å². The van der Waals surface area contributed by atoms with E-state index in [1.165, 1.54) is 13.3 Å². The first kappa shape index (κ1) is 21.3. The number of hydrogen-bond acceptors (Lipinski definition) is 7. The SMILES string of the molecule is COc1cccc(/C=N/NC(=O)c2ccc(CSc3nc(C)cc(C)n3)cc2)c1O. The number of carbonyl (C=O) groups is 1. The number of methoxy groups -OCH3 is 1. The van der Waals surface area contributed by atoms with Gasteiger partial charge in [-0.15, -0.1) is 0 Å². The maximum absolute atomic E-state index is 12.3. The van der Waals surface area contributed by atoms with Crippen LogP contribution in [0.5, 0.6) is 11.5 Å². The molecule has 8 heteroatoms. The summed E-state index contributed by atoms with van der Waals surface area (Å²) in [5, 5.41) is 14.7. The lowest BCUT2D eigenvalue weighted by Crippen LogP contribution is -2.17. The predicted octanol–water partition coefficient (Wildman–Crippen LogP) is 3.86. The van der Waals surface area contributed by atoms with E-state index in [1.54, 1.807) is 42.1 Å². The van der Waals surface area contributed by atoms with Crippen LogP contribution >= 0.6 is 11.8 Å². The Hall–Kier alpha value is -3.39. The van der Waals surface area contributed by atoms with E-state index in [-0.39, 0.29) is 11.7 Å². The molecule has 0 bridgehead atoms. The summed E-state index contributed by atoms with van der Waals surface area (Å²) in [6.45, 7) is 3.90. The molecule has 3 rings (SSSR count). The smallest absolute Gasteiger partial charge is 0.271 e. The third-order valence-electron chi connectivity index (χ3n) is 4.17. The third kappa shape index (κ3) is 5.57. The molecular formula is C22H22N4O3S. The number of aryl methyl sites for hydroxylation is 2. The highest BCUT2D eigenvalue weighted by Crippen LogP contribution is 2.28. The summed E-state index contributed by atoms with van der Waals surface area (Å²) < 4.78 is 5.04. The van der Waals surface area contributed by atoms with Crippen molar-refractivity contribution in [2.75, 3.05) is 7.11 Å². The maximum Gasteiger partial charge on any atom is 0.271 e. The van der Waals surface area contributed by atoms with Gasteiger partial charge in [-0.25, -0.2) is 15.4 Å². The van der Waals surface area contributed by atoms with Crippen molar-refractivity contribution in [1.29, 1.82) is 0 Å². The summed E-state index contributed by atoms with van der Waals surface area (Å²) in [5.41, 5.74) is 6.33. The van der Waals surface area contributed by atoms with Crippen molar-refractivity contribution >= 4 is 23.9 Å². The average molecular weight is 423 g/mol. The average Bonchev–Trinajstić information content (AvgIpc) is 2.73. The van der Waals surface area contributed by atoms with E-state index in [9.17, 15) is 9.90 Å². The number of aromatic hydroxyl groups is 1. The Balaban J connectivity index is 1.57. The molecule has 1 aromatic heterocycles. The van der Waals surface area contributed by atoms with Crippen LogP contribution in [-0.2, 0) is 5.75 Å². The van der Waals surface area contributed by atoms with Crippen molar-refractivity contribution in [3.05, 3.63) is 76.6 Å². The molecule has 0 spiro atoms. The second kappa shape index (κ2) is 9.89. The van der Waals surface area contributed by atoms with Gasteiger partial charge < -0.3 is 9.84 Å². The highest BCUT2D eigenvalue weighted by Gasteiger charge is 2.07. The molecule has 1 heterocycles. The van der Waals surface area contributed by atoms with Crippen molar-refractivity contribution < 1.29 is 14.6 Å². The predicted molar refractivity (Wildman–Crippen MR) is 117 cm³/mol. The van der Waals surface area contributed by atoms with Gasteiger partial charge in [-0.3, -0.25) is 4.79 Å². The van der Waals surface area contributed by atoms with E-state index in [0.29, 0.717) is 22.6 Å². The Kier molecular flexibility index (Phi) is 7.03. The number of thioether (sulfide) groups is 1. The molecule has 2 aromatic carbocycles. The van der Waals surface area contributed by atoms with Crippen molar-refractivity contribution in [3.8, 4) is 11.5 Å². The molecule has 0 fully saturated rings. The summed E-state index contributed by atoms with van der Waals surface area (Å²) in [5.74, 6) is 0.668. The van der Waals surface area contributed by atoms with Crippen molar-refractivity contribution in [2.24, 2.45) is 5.10 Å². The maximum atomic E-state index is 12.3. The summed E-state index contributed by atoms with van der Waals surface area (Å²) in [6, 6.07) is 14.2. The molecule has 7 nitrogen and oxygen atoms in total. The fourth-order valence-corrected chi connectivity index (χ4v) is 3.60. The zero-order valence-electron chi connectivity index (χ0n) is 16.9. The lowest BCUT2D eigenvalue weighted by molar-refractivity contribution is 0.0955. The molecule has 154 valence electrons. The van der Waals surface area contributed by atoms with Crippen molar-refractivity contribution in [3.63, 3.8) is 0 Å². The first-order valence-electron chi connectivity index (χ1n) is 9.19. The highest BCUT2D eigenvalue weighted by molar-refractivity contribution is 7.98. The number of aromatic nitrogens is 2. The Morgan fingerprint density at radius 1 is 1.17 bits per heavy atom. The van der Waals surface area contributed by atoms with Gasteiger partial charge in [0, 0.05) is 28.3 Å². The van der Waals surface area contributed by atoms with Crippen LogP contribution in [0, 0.1) is 13.8 Å². The molecular weight excluding hydrogens is 400 g/mol. The van der Waals surface area contributed by atoms with Gasteiger partial charge in [0.2, 0.25) is 0 Å². The lowest BCUT2D eigenvalue weighted by Gasteiger charge is -2.06. The van der Waals surface area contributed by atoms with Gasteiger partial charge >= 0.3 is 0 Å². The van der Waals surface area contributed by atoms with Crippen LogP contribution in [0.3, 0.4) is 0 Å². The van der Waals surface area contributed by atoms with Gasteiger partial charge in [0.15, 0.2) is 16.7 Å². The molecule has 0 unspecified atom stereocenters. The largest absolute Gasteiger partial charge is 0.504 e. The van der Waals surface area contributed by atoms with Crippen LogP contribution in [-0.4, -0.2) is 34.3 Å². The number of nitrogens with one attached hydrogen (secondary N) is 1. The zero-order valence-corrected chi connectivity index (χ0v) is 17.7. The molecule has 0 saturated heterocycles. The Morgan fingerprint density at radius 2 is 1.87 bits per heavy atom. The molecule has 0 aliphatic rings. The Bertz CT molecular complexity index is 1050. The summed E-state index contributed by atoms with van der Waals surface area (Å²) in [4.78, 5) is 21.1. The van der Waals surface area contributed by atoms with Crippen LogP contribution in [0.25, 0.3) is 0 Å². The molecule has 0 radical (unpaired) electrons. The highest BCUT2D eigenvalue weighted by atomic mass is 32.2. The van der Waals surface area contributed by atoms with Crippen LogP contribution in [0.15, 0.2) is 58.8 Å². The van der Waals surface area contributed by atoms with Crippen molar-refractivity contribution in [1.82, 2.24) is 15.4 Å². The fourth-order valence-electron chi connectivity index (χ4n) is 2.69. The normalized spacial score (nSPS) is 10.9. The Morgan fingerprint density at radius 3 is 2.53 bits per heavy atom. The monoisotopic (exact) mass is 422 g/mol. The first-order chi connectivity index (χ1) is 14.5. The molecule has 0 atom stereocenters. The van der Waals surface area contributed by atoms with Crippen LogP contribution in [0.2, 0.25) is 0 Å². The number of carbonyl (C=O) groups excluding carboxylic acids is 1. The topological polar surface area (TPSA) is 96.7 Å². The third-order valence-corrected chi connectivity index (χ3v) is 5.08. The zero-order chi connectivity index (χ0) is 21.5. The number of amides is 1. The Labute approximate surface area is 179 Å². The number of ether oxygens (including phenoxy) is 1. The second-order valence-corrected chi connectivity index (χ2v) is 7.46. The van der Waals surface area contributed by atoms with E-state index in [2.05, 4.69) is 20.5 Å². The second-order valence-electron chi connectivity index (χ2n) is 6.52. The quantitative estimate of drug-likeness (QED) is 0.260. The molecule has 0 aliphatic carbocycles. The van der Waals surface area contributed by atoms with Gasteiger partial charge in [0.05, 0.1) is 13.3 Å². The number of nitrogens with zero attached hydrogens (tertiary/aromatic N) is 3. The van der Waals surface area contributed by atoms with Crippen molar-refractivity contribution in [2.45, 2.75) is 24.8 Å².